The van der Waals surface area contributed by atoms with Crippen molar-refractivity contribution in [1.82, 2.24) is 5.32 Å². The van der Waals surface area contributed by atoms with Crippen LogP contribution in [0.3, 0.4) is 0 Å². The van der Waals surface area contributed by atoms with Gasteiger partial charge in [0.1, 0.15) is 5.41 Å². The normalized spacial score (nSPS) is 15.4. The average molecular weight is 258 g/mol. The molecule has 2 rings (SSSR count). The second kappa shape index (κ2) is 5.26. The van der Waals surface area contributed by atoms with Crippen LogP contribution in [0.25, 0.3) is 0 Å². The molecular weight excluding hydrogens is 240 g/mol. The molecule has 0 spiro atoms. The third-order valence-electron chi connectivity index (χ3n) is 3.30. The Labute approximate surface area is 112 Å². The first-order valence-corrected chi connectivity index (χ1v) is 6.36. The van der Waals surface area contributed by atoms with Crippen LogP contribution in [0.4, 0.5) is 5.69 Å². The molecule has 0 atom stereocenters. The van der Waals surface area contributed by atoms with Crippen LogP contribution in [-0.4, -0.2) is 18.4 Å². The van der Waals surface area contributed by atoms with E-state index in [1.54, 1.807) is 6.08 Å². The summed E-state index contributed by atoms with van der Waals surface area (Å²) in [4.78, 5) is 24.2. The fourth-order valence-corrected chi connectivity index (χ4v) is 1.99. The molecular formula is C15H18N2O2. The minimum atomic E-state index is -0.882. The molecule has 0 unspecified atom stereocenters. The van der Waals surface area contributed by atoms with Crippen molar-refractivity contribution in [3.63, 3.8) is 0 Å². The SMILES string of the molecule is C=CCNC(=O)C1(C(=O)Nc2cccc(C)c2)CC1. The fourth-order valence-electron chi connectivity index (χ4n) is 1.99. The van der Waals surface area contributed by atoms with Crippen molar-refractivity contribution < 1.29 is 9.59 Å². The van der Waals surface area contributed by atoms with E-state index in [-0.39, 0.29) is 11.8 Å². The van der Waals surface area contributed by atoms with Crippen LogP contribution in [0.15, 0.2) is 36.9 Å². The predicted octanol–water partition coefficient (Wildman–Crippen LogP) is 2.02. The molecule has 2 N–H and O–H groups in total. The van der Waals surface area contributed by atoms with Crippen molar-refractivity contribution in [2.75, 3.05) is 11.9 Å². The molecule has 1 aromatic carbocycles. The molecule has 0 aromatic heterocycles. The Hall–Kier alpha value is -2.10. The van der Waals surface area contributed by atoms with Crippen molar-refractivity contribution in [1.29, 1.82) is 0 Å². The van der Waals surface area contributed by atoms with Gasteiger partial charge in [0.15, 0.2) is 0 Å². The van der Waals surface area contributed by atoms with Crippen LogP contribution in [0.1, 0.15) is 18.4 Å². The molecule has 1 aliphatic carbocycles. The topological polar surface area (TPSA) is 58.2 Å². The van der Waals surface area contributed by atoms with E-state index in [4.69, 9.17) is 0 Å². The lowest BCUT2D eigenvalue weighted by molar-refractivity contribution is -0.134. The van der Waals surface area contributed by atoms with E-state index in [0.29, 0.717) is 19.4 Å². The smallest absolute Gasteiger partial charge is 0.240 e. The largest absolute Gasteiger partial charge is 0.352 e. The van der Waals surface area contributed by atoms with Crippen LogP contribution in [-0.2, 0) is 9.59 Å². The minimum Gasteiger partial charge on any atom is -0.352 e. The van der Waals surface area contributed by atoms with E-state index in [2.05, 4.69) is 17.2 Å². The molecule has 0 radical (unpaired) electrons. The number of benzene rings is 1. The van der Waals surface area contributed by atoms with E-state index < -0.39 is 5.41 Å². The van der Waals surface area contributed by atoms with Crippen LogP contribution in [0.5, 0.6) is 0 Å². The Bertz CT molecular complexity index is 519. The summed E-state index contributed by atoms with van der Waals surface area (Å²) in [5, 5.41) is 5.51. The number of carbonyl (C=O) groups excluding carboxylic acids is 2. The number of hydrogen-bond acceptors (Lipinski definition) is 2. The summed E-state index contributed by atoms with van der Waals surface area (Å²) in [6, 6.07) is 7.54. The second-order valence-corrected chi connectivity index (χ2v) is 4.90. The number of carbonyl (C=O) groups is 2. The van der Waals surface area contributed by atoms with Crippen LogP contribution < -0.4 is 10.6 Å². The van der Waals surface area contributed by atoms with Gasteiger partial charge in [-0.25, -0.2) is 0 Å². The molecule has 0 heterocycles. The lowest BCUT2D eigenvalue weighted by Gasteiger charge is -2.15. The van der Waals surface area contributed by atoms with Gasteiger partial charge in [0.2, 0.25) is 11.8 Å². The number of anilines is 1. The zero-order valence-electron chi connectivity index (χ0n) is 11.0. The highest BCUT2D eigenvalue weighted by Crippen LogP contribution is 2.46. The van der Waals surface area contributed by atoms with E-state index in [1.165, 1.54) is 0 Å². The van der Waals surface area contributed by atoms with Crippen LogP contribution in [0.2, 0.25) is 0 Å². The van der Waals surface area contributed by atoms with E-state index >= 15 is 0 Å². The molecule has 100 valence electrons. The van der Waals surface area contributed by atoms with Crippen molar-refractivity contribution in [2.45, 2.75) is 19.8 Å². The number of rotatable bonds is 5. The van der Waals surface area contributed by atoms with Gasteiger partial charge in [0.05, 0.1) is 0 Å². The summed E-state index contributed by atoms with van der Waals surface area (Å²) in [5.41, 5.74) is 0.916. The van der Waals surface area contributed by atoms with Crippen molar-refractivity contribution in [2.24, 2.45) is 5.41 Å². The molecule has 19 heavy (non-hydrogen) atoms. The van der Waals surface area contributed by atoms with Crippen LogP contribution in [0, 0.1) is 12.3 Å². The maximum atomic E-state index is 12.2. The molecule has 0 bridgehead atoms. The Morgan fingerprint density at radius 2 is 2.11 bits per heavy atom. The Morgan fingerprint density at radius 1 is 1.37 bits per heavy atom. The average Bonchev–Trinajstić information content (AvgIpc) is 3.17. The molecule has 1 fully saturated rings. The number of hydrogen-bond donors (Lipinski definition) is 2. The summed E-state index contributed by atoms with van der Waals surface area (Å²) >= 11 is 0. The summed E-state index contributed by atoms with van der Waals surface area (Å²) in [6.07, 6.45) is 2.81. The van der Waals surface area contributed by atoms with Gasteiger partial charge in [0.25, 0.3) is 0 Å². The van der Waals surface area contributed by atoms with Gasteiger partial charge < -0.3 is 10.6 Å². The highest BCUT2D eigenvalue weighted by molar-refractivity contribution is 6.13. The van der Waals surface area contributed by atoms with Crippen molar-refractivity contribution >= 4 is 17.5 Å². The summed E-state index contributed by atoms with van der Waals surface area (Å²) < 4.78 is 0. The first-order chi connectivity index (χ1) is 9.08. The maximum absolute atomic E-state index is 12.2. The third kappa shape index (κ3) is 2.84. The number of amides is 2. The van der Waals surface area contributed by atoms with Gasteiger partial charge in [-0.05, 0) is 37.5 Å². The molecule has 4 heteroatoms. The zero-order chi connectivity index (χ0) is 13.9. The standard InChI is InChI=1S/C15H18N2O2/c1-3-9-16-13(18)15(7-8-15)14(19)17-12-6-4-5-11(2)10-12/h3-6,10H,1,7-9H2,2H3,(H,16,18)(H,17,19). The minimum absolute atomic E-state index is 0.211. The first kappa shape index (κ1) is 13.3. The second-order valence-electron chi connectivity index (χ2n) is 4.90. The van der Waals surface area contributed by atoms with Crippen LogP contribution >= 0.6 is 0 Å². The van der Waals surface area contributed by atoms with Crippen molar-refractivity contribution in [3.05, 3.63) is 42.5 Å². The first-order valence-electron chi connectivity index (χ1n) is 6.36. The Morgan fingerprint density at radius 3 is 2.68 bits per heavy atom. The fraction of sp³-hybridized carbons (Fsp3) is 0.333. The summed E-state index contributed by atoms with van der Waals surface area (Å²) in [7, 11) is 0. The molecule has 0 saturated heterocycles. The molecule has 1 aliphatic rings. The lowest BCUT2D eigenvalue weighted by atomic mass is 10.0. The van der Waals surface area contributed by atoms with E-state index in [1.807, 2.05) is 31.2 Å². The van der Waals surface area contributed by atoms with Gasteiger partial charge >= 0.3 is 0 Å². The zero-order valence-corrected chi connectivity index (χ0v) is 11.0. The quantitative estimate of drug-likeness (QED) is 0.627. The predicted molar refractivity (Wildman–Crippen MR) is 74.7 cm³/mol. The summed E-state index contributed by atoms with van der Waals surface area (Å²) in [6.45, 7) is 5.89. The molecule has 0 aliphatic heterocycles. The number of nitrogens with one attached hydrogen (secondary N) is 2. The molecule has 1 aromatic rings. The lowest BCUT2D eigenvalue weighted by Crippen LogP contribution is -2.40. The van der Waals surface area contributed by atoms with Gasteiger partial charge in [-0.1, -0.05) is 18.2 Å². The van der Waals surface area contributed by atoms with Gasteiger partial charge in [-0.2, -0.15) is 0 Å². The number of aryl methyl sites for hydroxylation is 1. The van der Waals surface area contributed by atoms with E-state index in [0.717, 1.165) is 11.3 Å². The molecule has 1 saturated carbocycles. The third-order valence-corrected chi connectivity index (χ3v) is 3.30. The summed E-state index contributed by atoms with van der Waals surface area (Å²) in [5.74, 6) is -0.433. The maximum Gasteiger partial charge on any atom is 0.240 e. The molecule has 4 nitrogen and oxygen atoms in total. The van der Waals surface area contributed by atoms with Gasteiger partial charge in [0, 0.05) is 12.2 Å². The highest BCUT2D eigenvalue weighted by Gasteiger charge is 2.56. The Balaban J connectivity index is 2.03. The van der Waals surface area contributed by atoms with E-state index in [9.17, 15) is 9.59 Å². The molecule has 2 amide bonds. The monoisotopic (exact) mass is 258 g/mol. The van der Waals surface area contributed by atoms with Gasteiger partial charge in [-0.15, -0.1) is 6.58 Å². The van der Waals surface area contributed by atoms with Gasteiger partial charge in [-0.3, -0.25) is 9.59 Å². The van der Waals surface area contributed by atoms with Crippen molar-refractivity contribution in [3.8, 4) is 0 Å². The Kier molecular flexibility index (Phi) is 3.69. The highest BCUT2D eigenvalue weighted by atomic mass is 16.2.